The van der Waals surface area contributed by atoms with E-state index in [1.165, 1.54) is 0 Å². The van der Waals surface area contributed by atoms with Gasteiger partial charge in [0.15, 0.2) is 17.5 Å². The summed E-state index contributed by atoms with van der Waals surface area (Å²) in [5, 5.41) is 4.26. The van der Waals surface area contributed by atoms with Crippen LogP contribution in [0.15, 0.2) is 164 Å². The Labute approximate surface area is 277 Å². The van der Waals surface area contributed by atoms with E-state index < -0.39 is 0 Å². The summed E-state index contributed by atoms with van der Waals surface area (Å²) in [5.74, 6) is 1.88. The lowest BCUT2D eigenvalue weighted by atomic mass is 9.95. The normalized spacial score (nSPS) is 11.3. The number of fused-ring (bicyclic) bond motifs is 5. The third-order valence-corrected chi connectivity index (χ3v) is 8.70. The Bertz CT molecular complexity index is 2530. The molecule has 0 radical (unpaired) electrons. The van der Waals surface area contributed by atoms with Crippen LogP contribution < -0.4 is 0 Å². The van der Waals surface area contributed by atoms with Crippen molar-refractivity contribution in [3.63, 3.8) is 0 Å². The maximum absolute atomic E-state index is 5.29. The molecule has 0 saturated carbocycles. The fourth-order valence-electron chi connectivity index (χ4n) is 6.36. The van der Waals surface area contributed by atoms with Gasteiger partial charge in [-0.3, -0.25) is 0 Å². The lowest BCUT2D eigenvalue weighted by Gasteiger charge is -2.14. The van der Waals surface area contributed by atoms with E-state index in [2.05, 4.69) is 78.9 Å². The Morgan fingerprint density at radius 3 is 1.38 bits per heavy atom. The Hall–Kier alpha value is -6.59. The molecule has 224 valence electrons. The van der Waals surface area contributed by atoms with E-state index in [1.54, 1.807) is 0 Å². The lowest BCUT2D eigenvalue weighted by molar-refractivity contribution is 1.07. The molecule has 6 aromatic carbocycles. The van der Waals surface area contributed by atoms with Crippen molar-refractivity contribution in [3.8, 4) is 56.7 Å². The monoisotopic (exact) mass is 613 g/mol. The van der Waals surface area contributed by atoms with Crippen molar-refractivity contribution in [3.05, 3.63) is 164 Å². The fraction of sp³-hybridized carbons (Fsp3) is 0. The topological polar surface area (TPSA) is 64.5 Å². The summed E-state index contributed by atoms with van der Waals surface area (Å²) < 4.78 is 0. The van der Waals surface area contributed by atoms with E-state index in [0.717, 1.165) is 71.8 Å². The third-order valence-electron chi connectivity index (χ3n) is 8.70. The number of rotatable bonds is 5. The highest BCUT2D eigenvalue weighted by atomic mass is 15.0. The molecular weight excluding hydrogens is 587 g/mol. The number of pyridine rings is 2. The molecule has 9 aromatic rings. The van der Waals surface area contributed by atoms with Gasteiger partial charge in [0.05, 0.1) is 22.4 Å². The maximum Gasteiger partial charge on any atom is 0.164 e. The first-order chi connectivity index (χ1) is 23.8. The summed E-state index contributed by atoms with van der Waals surface area (Å²) in [6.07, 6.45) is 0. The van der Waals surface area contributed by atoms with Gasteiger partial charge in [0.2, 0.25) is 0 Å². The molecule has 5 nitrogen and oxygen atoms in total. The van der Waals surface area contributed by atoms with Crippen molar-refractivity contribution >= 4 is 32.6 Å². The second kappa shape index (κ2) is 11.6. The second-order valence-electron chi connectivity index (χ2n) is 11.7. The van der Waals surface area contributed by atoms with Crippen LogP contribution in [0.25, 0.3) is 89.3 Å². The van der Waals surface area contributed by atoms with Crippen molar-refractivity contribution in [1.82, 2.24) is 24.9 Å². The van der Waals surface area contributed by atoms with Gasteiger partial charge in [-0.2, -0.15) is 0 Å². The first kappa shape index (κ1) is 27.7. The number of hydrogen-bond acceptors (Lipinski definition) is 5. The molecule has 0 bridgehead atoms. The molecule has 48 heavy (non-hydrogen) atoms. The van der Waals surface area contributed by atoms with Gasteiger partial charge in [-0.1, -0.05) is 127 Å². The summed E-state index contributed by atoms with van der Waals surface area (Å²) in [6, 6.07) is 55.7. The SMILES string of the molecule is c1ccc(-c2ccc3c(ccc4c5cc(-c6nc(-c7ccccc7)nc(-c7ccccc7)n6)ccc5nc(-c5ccccc5)c34)n2)cc1. The average molecular weight is 614 g/mol. The van der Waals surface area contributed by atoms with E-state index >= 15 is 0 Å². The first-order valence-corrected chi connectivity index (χ1v) is 15.9. The molecule has 0 aliphatic heterocycles. The zero-order chi connectivity index (χ0) is 31.9. The van der Waals surface area contributed by atoms with Crippen LogP contribution in [0.4, 0.5) is 0 Å². The van der Waals surface area contributed by atoms with Crippen molar-refractivity contribution < 1.29 is 0 Å². The molecule has 0 aliphatic rings. The fourth-order valence-corrected chi connectivity index (χ4v) is 6.36. The minimum Gasteiger partial charge on any atom is -0.248 e. The predicted molar refractivity (Wildman–Crippen MR) is 195 cm³/mol. The van der Waals surface area contributed by atoms with Crippen LogP contribution in [0, 0.1) is 0 Å². The molecule has 0 spiro atoms. The minimum absolute atomic E-state index is 0.611. The highest BCUT2D eigenvalue weighted by molar-refractivity contribution is 6.21. The minimum atomic E-state index is 0.611. The molecule has 9 rings (SSSR count). The summed E-state index contributed by atoms with van der Waals surface area (Å²) in [4.78, 5) is 25.2. The number of aromatic nitrogens is 5. The quantitative estimate of drug-likeness (QED) is 0.181. The molecule has 5 heteroatoms. The third kappa shape index (κ3) is 4.95. The second-order valence-corrected chi connectivity index (χ2v) is 11.7. The molecule has 3 heterocycles. The zero-order valence-corrected chi connectivity index (χ0v) is 25.8. The van der Waals surface area contributed by atoms with Gasteiger partial charge in [-0.25, -0.2) is 24.9 Å². The standard InChI is InChI=1S/C43H27N5/c1-5-13-28(14-6-1)36-25-23-34-37(44-36)26-22-33-35-27-32(21-24-38(35)45-40(39(33)34)29-15-7-2-8-16-29)43-47-41(30-17-9-3-10-18-30)46-42(48-43)31-19-11-4-12-20-31/h1-27H. The van der Waals surface area contributed by atoms with Crippen molar-refractivity contribution in [2.45, 2.75) is 0 Å². The predicted octanol–water partition coefficient (Wildman–Crippen LogP) is 10.5. The smallest absolute Gasteiger partial charge is 0.164 e. The summed E-state index contributed by atoms with van der Waals surface area (Å²) in [5.41, 5.74) is 8.63. The summed E-state index contributed by atoms with van der Waals surface area (Å²) in [6.45, 7) is 0. The van der Waals surface area contributed by atoms with E-state index in [1.807, 2.05) is 84.9 Å². The van der Waals surface area contributed by atoms with Crippen LogP contribution in [0.1, 0.15) is 0 Å². The van der Waals surface area contributed by atoms with Crippen molar-refractivity contribution in [2.75, 3.05) is 0 Å². The summed E-state index contributed by atoms with van der Waals surface area (Å²) in [7, 11) is 0. The van der Waals surface area contributed by atoms with Gasteiger partial charge in [0, 0.05) is 44.0 Å². The molecule has 0 unspecified atom stereocenters. The van der Waals surface area contributed by atoms with Crippen molar-refractivity contribution in [1.29, 1.82) is 0 Å². The van der Waals surface area contributed by atoms with Gasteiger partial charge >= 0.3 is 0 Å². The molecule has 0 atom stereocenters. The van der Waals surface area contributed by atoms with Crippen LogP contribution >= 0.6 is 0 Å². The van der Waals surface area contributed by atoms with Gasteiger partial charge in [0.25, 0.3) is 0 Å². The van der Waals surface area contributed by atoms with Crippen LogP contribution in [0.5, 0.6) is 0 Å². The molecule has 0 saturated heterocycles. The lowest BCUT2D eigenvalue weighted by Crippen LogP contribution is -2.00. The highest BCUT2D eigenvalue weighted by Crippen LogP contribution is 2.39. The maximum atomic E-state index is 5.29. The summed E-state index contributed by atoms with van der Waals surface area (Å²) >= 11 is 0. The van der Waals surface area contributed by atoms with Crippen molar-refractivity contribution in [2.24, 2.45) is 0 Å². The van der Waals surface area contributed by atoms with Crippen LogP contribution in [-0.4, -0.2) is 24.9 Å². The highest BCUT2D eigenvalue weighted by Gasteiger charge is 2.17. The molecule has 0 N–H and O–H groups in total. The Kier molecular flexibility index (Phi) is 6.72. The molecule has 3 aromatic heterocycles. The molecular formula is C43H27N5. The number of nitrogens with zero attached hydrogens (tertiary/aromatic N) is 5. The molecule has 0 aliphatic carbocycles. The zero-order valence-electron chi connectivity index (χ0n) is 25.8. The van der Waals surface area contributed by atoms with E-state index in [4.69, 9.17) is 24.9 Å². The van der Waals surface area contributed by atoms with E-state index in [0.29, 0.717) is 17.5 Å². The number of hydrogen-bond donors (Lipinski definition) is 0. The molecule has 0 amide bonds. The molecule has 0 fully saturated rings. The largest absolute Gasteiger partial charge is 0.248 e. The van der Waals surface area contributed by atoms with E-state index in [-0.39, 0.29) is 0 Å². The Morgan fingerprint density at radius 2 is 0.771 bits per heavy atom. The first-order valence-electron chi connectivity index (χ1n) is 15.9. The van der Waals surface area contributed by atoms with Gasteiger partial charge in [0.1, 0.15) is 0 Å². The Balaban J connectivity index is 1.29. The van der Waals surface area contributed by atoms with Crippen LogP contribution in [-0.2, 0) is 0 Å². The Morgan fingerprint density at radius 1 is 0.292 bits per heavy atom. The van der Waals surface area contributed by atoms with Gasteiger partial charge in [-0.15, -0.1) is 0 Å². The average Bonchev–Trinajstić information content (AvgIpc) is 3.18. The van der Waals surface area contributed by atoms with Gasteiger partial charge in [-0.05, 0) is 41.8 Å². The van der Waals surface area contributed by atoms with Crippen LogP contribution in [0.3, 0.4) is 0 Å². The van der Waals surface area contributed by atoms with Gasteiger partial charge < -0.3 is 0 Å². The van der Waals surface area contributed by atoms with Crippen LogP contribution in [0.2, 0.25) is 0 Å². The number of benzene rings is 6. The van der Waals surface area contributed by atoms with E-state index in [9.17, 15) is 0 Å².